The van der Waals surface area contributed by atoms with Crippen molar-refractivity contribution in [2.24, 2.45) is 16.6 Å². The Morgan fingerprint density at radius 1 is 1.47 bits per heavy atom. The first-order valence-electron chi connectivity index (χ1n) is 6.43. The minimum absolute atomic E-state index is 0.0418. The van der Waals surface area contributed by atoms with Crippen molar-refractivity contribution in [3.8, 4) is 0 Å². The van der Waals surface area contributed by atoms with Crippen molar-refractivity contribution < 1.29 is 18.0 Å². The molecule has 2 amide bonds. The van der Waals surface area contributed by atoms with Gasteiger partial charge in [0.05, 0.1) is 5.92 Å². The number of rotatable bonds is 1. The first-order valence-corrected chi connectivity index (χ1v) is 6.43. The minimum atomic E-state index is -4.25. The number of halogens is 3. The maximum Gasteiger partial charge on any atom is 0.391 e. The van der Waals surface area contributed by atoms with Crippen LogP contribution in [0.2, 0.25) is 0 Å². The van der Waals surface area contributed by atoms with Crippen LogP contribution in [-0.2, 0) is 0 Å². The molecule has 1 fully saturated rings. The van der Waals surface area contributed by atoms with Crippen LogP contribution in [0.5, 0.6) is 0 Å². The summed E-state index contributed by atoms with van der Waals surface area (Å²) in [6.45, 7) is 3.54. The molecule has 0 aromatic rings. The summed E-state index contributed by atoms with van der Waals surface area (Å²) >= 11 is 0. The van der Waals surface area contributed by atoms with Gasteiger partial charge in [0.1, 0.15) is 11.4 Å². The molecule has 19 heavy (non-hydrogen) atoms. The Hall–Kier alpha value is -1.27. The average molecular weight is 277 g/mol. The Morgan fingerprint density at radius 2 is 2.11 bits per heavy atom. The van der Waals surface area contributed by atoms with Crippen molar-refractivity contribution in [1.82, 2.24) is 4.90 Å². The van der Waals surface area contributed by atoms with Gasteiger partial charge < -0.3 is 10.6 Å². The van der Waals surface area contributed by atoms with Gasteiger partial charge in [0.15, 0.2) is 0 Å². The zero-order valence-corrected chi connectivity index (χ0v) is 11.0. The van der Waals surface area contributed by atoms with Gasteiger partial charge in [-0.1, -0.05) is 6.42 Å². The fourth-order valence-corrected chi connectivity index (χ4v) is 3.27. The second kappa shape index (κ2) is 4.38. The molecule has 0 saturated heterocycles. The number of hydrogen-bond acceptors (Lipinski definition) is 2. The van der Waals surface area contributed by atoms with Gasteiger partial charge >= 0.3 is 12.2 Å². The summed E-state index contributed by atoms with van der Waals surface area (Å²) in [5, 5.41) is 0. The van der Waals surface area contributed by atoms with E-state index < -0.39 is 23.7 Å². The third-order valence-corrected chi connectivity index (χ3v) is 4.07. The Balaban J connectivity index is 2.35. The number of carbonyl (C=O) groups excluding carboxylic acids is 1. The molecule has 0 aromatic heterocycles. The van der Waals surface area contributed by atoms with E-state index >= 15 is 0 Å². The lowest BCUT2D eigenvalue weighted by atomic mass is 9.73. The van der Waals surface area contributed by atoms with E-state index in [1.807, 2.05) is 0 Å². The average Bonchev–Trinajstić information content (AvgIpc) is 2.49. The van der Waals surface area contributed by atoms with Crippen LogP contribution in [0.4, 0.5) is 18.0 Å². The second-order valence-corrected chi connectivity index (χ2v) is 5.61. The summed E-state index contributed by atoms with van der Waals surface area (Å²) < 4.78 is 38.8. The molecule has 2 aliphatic rings. The maximum atomic E-state index is 12.9. The number of amidine groups is 1. The molecule has 1 saturated carbocycles. The molecule has 0 aromatic carbocycles. The summed E-state index contributed by atoms with van der Waals surface area (Å²) in [4.78, 5) is 16.9. The van der Waals surface area contributed by atoms with Gasteiger partial charge in [-0.05, 0) is 33.1 Å². The number of alkyl halides is 3. The lowest BCUT2D eigenvalue weighted by Crippen LogP contribution is -2.59. The zero-order valence-electron chi connectivity index (χ0n) is 11.0. The van der Waals surface area contributed by atoms with E-state index in [1.54, 1.807) is 13.8 Å². The Bertz CT molecular complexity index is 419. The van der Waals surface area contributed by atoms with E-state index in [9.17, 15) is 18.0 Å². The van der Waals surface area contributed by atoms with Crippen LogP contribution < -0.4 is 5.73 Å². The summed E-state index contributed by atoms with van der Waals surface area (Å²) in [5.41, 5.74) is 4.75. The fraction of sp³-hybridized carbons (Fsp3) is 0.833. The molecule has 2 N–H and O–H groups in total. The molecular weight excluding hydrogens is 259 g/mol. The Labute approximate surface area is 109 Å². The molecule has 0 bridgehead atoms. The minimum Gasteiger partial charge on any atom is -0.385 e. The lowest BCUT2D eigenvalue weighted by Gasteiger charge is -2.45. The lowest BCUT2D eigenvalue weighted by molar-refractivity contribution is -0.188. The first-order chi connectivity index (χ1) is 8.68. The van der Waals surface area contributed by atoms with E-state index in [0.717, 1.165) is 0 Å². The van der Waals surface area contributed by atoms with Crippen LogP contribution in [0, 0.1) is 5.92 Å². The van der Waals surface area contributed by atoms with Crippen molar-refractivity contribution in [3.05, 3.63) is 0 Å². The van der Waals surface area contributed by atoms with Crippen molar-refractivity contribution >= 4 is 11.9 Å². The third kappa shape index (κ3) is 2.19. The number of amides is 2. The molecule has 1 spiro atoms. The molecule has 2 rings (SSSR count). The molecule has 1 heterocycles. The number of hydrogen-bond donors (Lipinski definition) is 1. The van der Waals surface area contributed by atoms with Crippen molar-refractivity contribution in [1.29, 1.82) is 0 Å². The van der Waals surface area contributed by atoms with E-state index in [2.05, 4.69) is 4.99 Å². The molecule has 7 heteroatoms. The number of aliphatic imine (C=N–C) groups is 1. The smallest absolute Gasteiger partial charge is 0.385 e. The normalized spacial score (nSPS) is 32.3. The second-order valence-electron chi connectivity index (χ2n) is 5.61. The summed E-state index contributed by atoms with van der Waals surface area (Å²) in [7, 11) is 0. The molecule has 2 unspecified atom stereocenters. The van der Waals surface area contributed by atoms with Crippen LogP contribution in [0.1, 0.15) is 39.5 Å². The Morgan fingerprint density at radius 3 is 2.63 bits per heavy atom. The maximum absolute atomic E-state index is 12.9. The summed E-state index contributed by atoms with van der Waals surface area (Å²) in [6, 6.07) is -0.736. The van der Waals surface area contributed by atoms with Crippen LogP contribution in [0.15, 0.2) is 4.99 Å². The van der Waals surface area contributed by atoms with E-state index in [1.165, 1.54) is 4.90 Å². The van der Waals surface area contributed by atoms with Gasteiger partial charge in [0.25, 0.3) is 0 Å². The fourth-order valence-electron chi connectivity index (χ4n) is 3.27. The van der Waals surface area contributed by atoms with Gasteiger partial charge in [0, 0.05) is 6.04 Å². The number of nitrogens with two attached hydrogens (primary N) is 1. The largest absolute Gasteiger partial charge is 0.391 e. The molecule has 0 radical (unpaired) electrons. The predicted molar refractivity (Wildman–Crippen MR) is 64.7 cm³/mol. The molecule has 1 aliphatic heterocycles. The molecular formula is C12H18F3N3O. The number of carbonyl (C=O) groups is 1. The molecule has 108 valence electrons. The standard InChI is InChI=1S/C12H18F3N3O/c1-7(2)18-10(19)17-9(16)11(18)5-3-4-8(6-11)12(13,14)15/h7-8H,3-6H2,1-2H3,(H2,16,17,19). The van der Waals surface area contributed by atoms with Gasteiger partial charge in [-0.15, -0.1) is 0 Å². The quantitative estimate of drug-likeness (QED) is 0.801. The van der Waals surface area contributed by atoms with Gasteiger partial charge in [-0.3, -0.25) is 0 Å². The summed E-state index contributed by atoms with van der Waals surface area (Å²) in [6.07, 6.45) is -3.47. The monoisotopic (exact) mass is 277 g/mol. The molecule has 4 nitrogen and oxygen atoms in total. The number of urea groups is 1. The van der Waals surface area contributed by atoms with Gasteiger partial charge in [-0.2, -0.15) is 18.2 Å². The van der Waals surface area contributed by atoms with Crippen molar-refractivity contribution in [2.75, 3.05) is 0 Å². The molecule has 1 aliphatic carbocycles. The van der Waals surface area contributed by atoms with Crippen LogP contribution in [0.25, 0.3) is 0 Å². The highest BCUT2D eigenvalue weighted by Gasteiger charge is 2.56. The molecule has 2 atom stereocenters. The van der Waals surface area contributed by atoms with Crippen LogP contribution in [0.3, 0.4) is 0 Å². The number of nitrogens with zero attached hydrogens (tertiary/aromatic N) is 2. The van der Waals surface area contributed by atoms with Gasteiger partial charge in [-0.25, -0.2) is 4.79 Å². The van der Waals surface area contributed by atoms with Crippen molar-refractivity contribution in [2.45, 2.75) is 57.3 Å². The van der Waals surface area contributed by atoms with E-state index in [4.69, 9.17) is 5.73 Å². The SMILES string of the molecule is CC(C)N1C(=O)N=C(N)C12CCCC(C(F)(F)F)C2. The first kappa shape index (κ1) is 14.1. The predicted octanol–water partition coefficient (Wildman–Crippen LogP) is 2.68. The topological polar surface area (TPSA) is 58.7 Å². The zero-order chi connectivity index (χ0) is 14.4. The third-order valence-electron chi connectivity index (χ3n) is 4.07. The van der Waals surface area contributed by atoms with Crippen LogP contribution in [-0.4, -0.2) is 34.5 Å². The van der Waals surface area contributed by atoms with Crippen molar-refractivity contribution in [3.63, 3.8) is 0 Å². The Kier molecular flexibility index (Phi) is 3.26. The highest BCUT2D eigenvalue weighted by atomic mass is 19.4. The van der Waals surface area contributed by atoms with E-state index in [0.29, 0.717) is 12.8 Å². The summed E-state index contributed by atoms with van der Waals surface area (Å²) in [5.74, 6) is -1.37. The van der Waals surface area contributed by atoms with E-state index in [-0.39, 0.29) is 24.7 Å². The van der Waals surface area contributed by atoms with Crippen LogP contribution >= 0.6 is 0 Å². The highest BCUT2D eigenvalue weighted by molar-refractivity contribution is 6.06. The highest BCUT2D eigenvalue weighted by Crippen LogP contribution is 2.46. The van der Waals surface area contributed by atoms with Gasteiger partial charge in [0.2, 0.25) is 0 Å².